The van der Waals surface area contributed by atoms with Crippen molar-refractivity contribution in [1.82, 2.24) is 9.80 Å². The third-order valence-corrected chi connectivity index (χ3v) is 4.59. The summed E-state index contributed by atoms with van der Waals surface area (Å²) in [5.41, 5.74) is 1.13. The zero-order chi connectivity index (χ0) is 18.5. The highest BCUT2D eigenvalue weighted by molar-refractivity contribution is 5.95. The quantitative estimate of drug-likeness (QED) is 0.798. The number of hydrogen-bond donors (Lipinski definition) is 0. The lowest BCUT2D eigenvalue weighted by Gasteiger charge is -2.27. The van der Waals surface area contributed by atoms with E-state index in [2.05, 4.69) is 0 Å². The maximum Gasteiger partial charge on any atom is 0.290 e. The second kappa shape index (κ2) is 8.08. The Labute approximate surface area is 153 Å². The molecule has 2 amide bonds. The van der Waals surface area contributed by atoms with E-state index in [1.807, 2.05) is 31.2 Å². The van der Waals surface area contributed by atoms with Gasteiger partial charge in [-0.1, -0.05) is 12.1 Å². The molecule has 138 valence electrons. The van der Waals surface area contributed by atoms with Crippen LogP contribution in [0.1, 0.15) is 29.0 Å². The number of furan rings is 1. The van der Waals surface area contributed by atoms with Crippen molar-refractivity contribution in [3.05, 3.63) is 54.0 Å². The monoisotopic (exact) mass is 356 g/mol. The summed E-state index contributed by atoms with van der Waals surface area (Å²) in [5.74, 6) is 0.780. The molecule has 0 radical (unpaired) electrons. The fourth-order valence-corrected chi connectivity index (χ4v) is 3.18. The van der Waals surface area contributed by atoms with Crippen molar-refractivity contribution in [1.29, 1.82) is 0 Å². The number of hydrogen-bond acceptors (Lipinski definition) is 4. The zero-order valence-electron chi connectivity index (χ0n) is 15.2. The first-order chi connectivity index (χ1) is 12.6. The summed E-state index contributed by atoms with van der Waals surface area (Å²) in [6, 6.07) is 10.7. The Morgan fingerprint density at radius 3 is 2.88 bits per heavy atom. The summed E-state index contributed by atoms with van der Waals surface area (Å²) in [6.07, 6.45) is 2.96. The molecule has 2 aromatic rings. The molecule has 2 heterocycles. The van der Waals surface area contributed by atoms with E-state index in [1.54, 1.807) is 29.0 Å². The summed E-state index contributed by atoms with van der Waals surface area (Å²) in [6.45, 7) is 3.45. The molecule has 1 aliphatic heterocycles. The molecule has 6 heteroatoms. The van der Waals surface area contributed by atoms with Gasteiger partial charge >= 0.3 is 0 Å². The number of likely N-dealkylation sites (tertiary alicyclic amines) is 1. The van der Waals surface area contributed by atoms with Crippen LogP contribution in [0.5, 0.6) is 5.75 Å². The Hall–Kier alpha value is -2.76. The highest BCUT2D eigenvalue weighted by Crippen LogP contribution is 2.22. The number of benzene rings is 1. The molecule has 3 rings (SSSR count). The summed E-state index contributed by atoms with van der Waals surface area (Å²) >= 11 is 0. The van der Waals surface area contributed by atoms with Crippen LogP contribution in [0.25, 0.3) is 0 Å². The molecule has 1 aromatic heterocycles. The third kappa shape index (κ3) is 4.07. The molecule has 1 fully saturated rings. The molecule has 0 unspecified atom stereocenters. The molecule has 0 spiro atoms. The van der Waals surface area contributed by atoms with E-state index >= 15 is 0 Å². The number of likely N-dealkylation sites (N-methyl/N-ethyl adjacent to an activating group) is 1. The number of aryl methyl sites for hydroxylation is 1. The number of ether oxygens (including phenoxy) is 1. The molecule has 1 aliphatic rings. The zero-order valence-corrected chi connectivity index (χ0v) is 15.2. The molecule has 6 nitrogen and oxygen atoms in total. The van der Waals surface area contributed by atoms with Crippen molar-refractivity contribution >= 4 is 11.8 Å². The minimum atomic E-state index is -0.434. The Morgan fingerprint density at radius 2 is 2.15 bits per heavy atom. The van der Waals surface area contributed by atoms with Crippen molar-refractivity contribution in [2.75, 3.05) is 26.7 Å². The second-order valence-electron chi connectivity index (χ2n) is 6.56. The van der Waals surface area contributed by atoms with Crippen molar-refractivity contribution in [2.24, 2.45) is 0 Å². The molecule has 1 aromatic carbocycles. The molecule has 0 bridgehead atoms. The third-order valence-electron chi connectivity index (χ3n) is 4.59. The predicted octanol–water partition coefficient (Wildman–Crippen LogP) is 2.73. The van der Waals surface area contributed by atoms with Gasteiger partial charge in [0.05, 0.1) is 12.8 Å². The van der Waals surface area contributed by atoms with Crippen LogP contribution in [-0.4, -0.2) is 54.4 Å². The molecular formula is C20H24N2O4. The summed E-state index contributed by atoms with van der Waals surface area (Å²) < 4.78 is 10.9. The van der Waals surface area contributed by atoms with Gasteiger partial charge in [-0.3, -0.25) is 9.59 Å². The summed E-state index contributed by atoms with van der Waals surface area (Å²) in [7, 11) is 1.75. The van der Waals surface area contributed by atoms with E-state index in [0.29, 0.717) is 26.1 Å². The lowest BCUT2D eigenvalue weighted by atomic mass is 10.2. The Bertz CT molecular complexity index is 757. The van der Waals surface area contributed by atoms with Crippen molar-refractivity contribution < 1.29 is 18.7 Å². The van der Waals surface area contributed by atoms with Crippen LogP contribution in [-0.2, 0) is 4.79 Å². The van der Waals surface area contributed by atoms with Crippen LogP contribution < -0.4 is 4.74 Å². The first-order valence-corrected chi connectivity index (χ1v) is 8.85. The van der Waals surface area contributed by atoms with Crippen LogP contribution in [0, 0.1) is 6.92 Å². The van der Waals surface area contributed by atoms with Crippen molar-refractivity contribution in [3.63, 3.8) is 0 Å². The van der Waals surface area contributed by atoms with Gasteiger partial charge in [0.2, 0.25) is 5.91 Å². The minimum absolute atomic E-state index is 0.0600. The molecule has 0 aliphatic carbocycles. The van der Waals surface area contributed by atoms with Crippen LogP contribution in [0.15, 0.2) is 47.1 Å². The van der Waals surface area contributed by atoms with Gasteiger partial charge in [-0.25, -0.2) is 0 Å². The fraction of sp³-hybridized carbons (Fsp3) is 0.400. The van der Waals surface area contributed by atoms with E-state index in [-0.39, 0.29) is 17.6 Å². The van der Waals surface area contributed by atoms with Crippen molar-refractivity contribution in [3.8, 4) is 5.75 Å². The van der Waals surface area contributed by atoms with Crippen LogP contribution in [0.2, 0.25) is 0 Å². The van der Waals surface area contributed by atoms with Gasteiger partial charge in [0.25, 0.3) is 5.91 Å². The average molecular weight is 356 g/mol. The first-order valence-electron chi connectivity index (χ1n) is 8.85. The lowest BCUT2D eigenvalue weighted by molar-refractivity contribution is -0.134. The number of amides is 2. The Kier molecular flexibility index (Phi) is 5.61. The van der Waals surface area contributed by atoms with Crippen LogP contribution in [0.4, 0.5) is 0 Å². The SMILES string of the molecule is Cc1cccc(OCCN(C)C(=O)[C@@H]2CCCN2C(=O)c2ccco2)c1. The van der Waals surface area contributed by atoms with Gasteiger partial charge in [0.1, 0.15) is 18.4 Å². The molecule has 0 N–H and O–H groups in total. The largest absolute Gasteiger partial charge is 0.492 e. The Balaban J connectivity index is 1.54. The highest BCUT2D eigenvalue weighted by atomic mass is 16.5. The number of nitrogens with zero attached hydrogens (tertiary/aromatic N) is 2. The van der Waals surface area contributed by atoms with Gasteiger partial charge in [0, 0.05) is 13.6 Å². The fourth-order valence-electron chi connectivity index (χ4n) is 3.18. The maximum atomic E-state index is 12.8. The smallest absolute Gasteiger partial charge is 0.290 e. The first kappa shape index (κ1) is 18.0. The molecule has 26 heavy (non-hydrogen) atoms. The van der Waals surface area contributed by atoms with Crippen LogP contribution in [0.3, 0.4) is 0 Å². The van der Waals surface area contributed by atoms with Crippen LogP contribution >= 0.6 is 0 Å². The highest BCUT2D eigenvalue weighted by Gasteiger charge is 2.36. The van der Waals surface area contributed by atoms with E-state index in [0.717, 1.165) is 17.7 Å². The van der Waals surface area contributed by atoms with Gasteiger partial charge in [-0.2, -0.15) is 0 Å². The average Bonchev–Trinajstić information content (AvgIpc) is 3.32. The van der Waals surface area contributed by atoms with E-state index < -0.39 is 6.04 Å². The summed E-state index contributed by atoms with van der Waals surface area (Å²) in [5, 5.41) is 0. The normalized spacial score (nSPS) is 16.5. The lowest BCUT2D eigenvalue weighted by Crippen LogP contribution is -2.47. The van der Waals surface area contributed by atoms with Gasteiger partial charge < -0.3 is 19.0 Å². The molecule has 1 atom stereocenters. The molecular weight excluding hydrogens is 332 g/mol. The molecule has 0 saturated carbocycles. The standard InChI is InChI=1S/C20H24N2O4/c1-15-6-3-7-16(14-15)25-13-11-21(2)19(23)17-8-4-10-22(17)20(24)18-9-5-12-26-18/h3,5-7,9,12,14,17H,4,8,10-11,13H2,1-2H3/t17-/m0/s1. The predicted molar refractivity (Wildman–Crippen MR) is 97.1 cm³/mol. The minimum Gasteiger partial charge on any atom is -0.492 e. The topological polar surface area (TPSA) is 63.0 Å². The van der Waals surface area contributed by atoms with Gasteiger partial charge in [0.15, 0.2) is 5.76 Å². The maximum absolute atomic E-state index is 12.8. The van der Waals surface area contributed by atoms with E-state index in [4.69, 9.17) is 9.15 Å². The Morgan fingerprint density at radius 1 is 1.31 bits per heavy atom. The number of rotatable bonds is 6. The molecule has 1 saturated heterocycles. The van der Waals surface area contributed by atoms with E-state index in [1.165, 1.54) is 6.26 Å². The van der Waals surface area contributed by atoms with E-state index in [9.17, 15) is 9.59 Å². The second-order valence-corrected chi connectivity index (χ2v) is 6.56. The number of carbonyl (C=O) groups is 2. The number of carbonyl (C=O) groups excluding carboxylic acids is 2. The van der Waals surface area contributed by atoms with Crippen molar-refractivity contribution in [2.45, 2.75) is 25.8 Å². The van der Waals surface area contributed by atoms with Gasteiger partial charge in [-0.05, 0) is 49.6 Å². The summed E-state index contributed by atoms with van der Waals surface area (Å²) in [4.78, 5) is 28.5. The van der Waals surface area contributed by atoms with Gasteiger partial charge in [-0.15, -0.1) is 0 Å².